The van der Waals surface area contributed by atoms with Crippen molar-refractivity contribution in [2.75, 3.05) is 6.54 Å². The van der Waals surface area contributed by atoms with Crippen LogP contribution in [0, 0.1) is 11.7 Å². The third-order valence-corrected chi connectivity index (χ3v) is 3.46. The molecule has 1 aromatic carbocycles. The van der Waals surface area contributed by atoms with Gasteiger partial charge in [-0.15, -0.1) is 0 Å². The van der Waals surface area contributed by atoms with Crippen molar-refractivity contribution in [2.24, 2.45) is 5.92 Å². The van der Waals surface area contributed by atoms with Gasteiger partial charge in [0, 0.05) is 10.5 Å². The standard InChI is InChI=1S/C15H23BrFN/c1-4-5-18-12(3)6-11(2)7-13-8-14(16)10-15(17)9-13/h8-12,18H,4-7H2,1-3H3. The lowest BCUT2D eigenvalue weighted by molar-refractivity contribution is 0.419. The van der Waals surface area contributed by atoms with Gasteiger partial charge in [-0.25, -0.2) is 4.39 Å². The summed E-state index contributed by atoms with van der Waals surface area (Å²) < 4.78 is 14.1. The van der Waals surface area contributed by atoms with Gasteiger partial charge in [-0.2, -0.15) is 0 Å². The number of hydrogen-bond acceptors (Lipinski definition) is 1. The van der Waals surface area contributed by atoms with Gasteiger partial charge in [-0.3, -0.25) is 0 Å². The smallest absolute Gasteiger partial charge is 0.124 e. The average molecular weight is 316 g/mol. The number of nitrogens with one attached hydrogen (secondary N) is 1. The van der Waals surface area contributed by atoms with Crippen molar-refractivity contribution in [2.45, 2.75) is 46.1 Å². The molecule has 0 aliphatic carbocycles. The van der Waals surface area contributed by atoms with Gasteiger partial charge < -0.3 is 5.32 Å². The summed E-state index contributed by atoms with van der Waals surface area (Å²) >= 11 is 3.34. The van der Waals surface area contributed by atoms with Crippen LogP contribution in [0.1, 0.15) is 39.2 Å². The van der Waals surface area contributed by atoms with Crippen LogP contribution in [-0.2, 0) is 6.42 Å². The van der Waals surface area contributed by atoms with Crippen LogP contribution in [0.4, 0.5) is 4.39 Å². The normalized spacial score (nSPS) is 14.5. The predicted molar refractivity (Wildman–Crippen MR) is 79.3 cm³/mol. The van der Waals surface area contributed by atoms with E-state index < -0.39 is 0 Å². The number of rotatable bonds is 7. The third-order valence-electron chi connectivity index (χ3n) is 3.01. The topological polar surface area (TPSA) is 12.0 Å². The Morgan fingerprint density at radius 3 is 2.61 bits per heavy atom. The van der Waals surface area contributed by atoms with Gasteiger partial charge in [0.2, 0.25) is 0 Å². The number of hydrogen-bond donors (Lipinski definition) is 1. The zero-order valence-corrected chi connectivity index (χ0v) is 13.1. The molecule has 1 nitrogen and oxygen atoms in total. The van der Waals surface area contributed by atoms with Crippen molar-refractivity contribution in [3.63, 3.8) is 0 Å². The van der Waals surface area contributed by atoms with Gasteiger partial charge in [-0.1, -0.05) is 29.8 Å². The largest absolute Gasteiger partial charge is 0.314 e. The monoisotopic (exact) mass is 315 g/mol. The molecule has 1 rings (SSSR count). The summed E-state index contributed by atoms with van der Waals surface area (Å²) in [5.41, 5.74) is 1.07. The number of benzene rings is 1. The second-order valence-electron chi connectivity index (χ2n) is 5.18. The first-order valence-corrected chi connectivity index (χ1v) is 7.49. The van der Waals surface area contributed by atoms with Crippen LogP contribution in [0.5, 0.6) is 0 Å². The van der Waals surface area contributed by atoms with Crippen molar-refractivity contribution in [1.29, 1.82) is 0 Å². The molecule has 0 heterocycles. The lowest BCUT2D eigenvalue weighted by atomic mass is 9.95. The van der Waals surface area contributed by atoms with Crippen molar-refractivity contribution >= 4 is 15.9 Å². The Kier molecular flexibility index (Phi) is 6.87. The highest BCUT2D eigenvalue weighted by molar-refractivity contribution is 9.10. The molecule has 102 valence electrons. The van der Waals surface area contributed by atoms with E-state index in [0.29, 0.717) is 12.0 Å². The fourth-order valence-electron chi connectivity index (χ4n) is 2.29. The molecule has 0 spiro atoms. The molecule has 0 radical (unpaired) electrons. The van der Waals surface area contributed by atoms with E-state index in [9.17, 15) is 4.39 Å². The summed E-state index contributed by atoms with van der Waals surface area (Å²) in [6.07, 6.45) is 3.21. The van der Waals surface area contributed by atoms with Crippen molar-refractivity contribution in [1.82, 2.24) is 5.32 Å². The molecular weight excluding hydrogens is 293 g/mol. The quantitative estimate of drug-likeness (QED) is 0.778. The molecule has 2 unspecified atom stereocenters. The van der Waals surface area contributed by atoms with Crippen LogP contribution >= 0.6 is 15.9 Å². The maximum absolute atomic E-state index is 13.3. The van der Waals surface area contributed by atoms with Gasteiger partial charge in [-0.05, 0) is 62.4 Å². The van der Waals surface area contributed by atoms with E-state index in [-0.39, 0.29) is 5.82 Å². The fourth-order valence-corrected chi connectivity index (χ4v) is 2.80. The summed E-state index contributed by atoms with van der Waals surface area (Å²) in [5, 5.41) is 3.49. The van der Waals surface area contributed by atoms with Crippen LogP contribution in [0.2, 0.25) is 0 Å². The first-order chi connectivity index (χ1) is 8.51. The molecule has 0 amide bonds. The molecule has 0 aromatic heterocycles. The minimum atomic E-state index is -0.163. The molecule has 0 saturated carbocycles. The maximum atomic E-state index is 13.3. The first kappa shape index (κ1) is 15.6. The Morgan fingerprint density at radius 1 is 1.28 bits per heavy atom. The van der Waals surface area contributed by atoms with E-state index in [0.717, 1.165) is 35.8 Å². The van der Waals surface area contributed by atoms with Gasteiger partial charge in [0.05, 0.1) is 0 Å². The minimum Gasteiger partial charge on any atom is -0.314 e. The van der Waals surface area contributed by atoms with E-state index >= 15 is 0 Å². The van der Waals surface area contributed by atoms with Gasteiger partial charge in [0.25, 0.3) is 0 Å². The summed E-state index contributed by atoms with van der Waals surface area (Å²) in [6.45, 7) is 7.68. The second-order valence-corrected chi connectivity index (χ2v) is 6.09. The maximum Gasteiger partial charge on any atom is 0.124 e. The summed E-state index contributed by atoms with van der Waals surface area (Å²) in [6, 6.07) is 5.66. The molecular formula is C15H23BrFN. The van der Waals surface area contributed by atoms with Crippen LogP contribution in [-0.4, -0.2) is 12.6 Å². The fraction of sp³-hybridized carbons (Fsp3) is 0.600. The molecule has 0 aliphatic rings. The van der Waals surface area contributed by atoms with Gasteiger partial charge in [0.15, 0.2) is 0 Å². The zero-order chi connectivity index (χ0) is 13.5. The Bertz CT molecular complexity index is 347. The SMILES string of the molecule is CCCNC(C)CC(C)Cc1cc(F)cc(Br)c1. The lowest BCUT2D eigenvalue weighted by Crippen LogP contribution is -2.28. The molecule has 3 heteroatoms. The van der Waals surface area contributed by atoms with Crippen LogP contribution in [0.3, 0.4) is 0 Å². The number of halogens is 2. The van der Waals surface area contributed by atoms with Crippen molar-refractivity contribution < 1.29 is 4.39 Å². The molecule has 0 bridgehead atoms. The highest BCUT2D eigenvalue weighted by Gasteiger charge is 2.10. The molecule has 0 aliphatic heterocycles. The minimum absolute atomic E-state index is 0.163. The summed E-state index contributed by atoms with van der Waals surface area (Å²) in [7, 11) is 0. The first-order valence-electron chi connectivity index (χ1n) is 6.69. The molecule has 0 fully saturated rings. The molecule has 18 heavy (non-hydrogen) atoms. The van der Waals surface area contributed by atoms with E-state index in [1.54, 1.807) is 6.07 Å². The average Bonchev–Trinajstić information content (AvgIpc) is 2.24. The summed E-state index contributed by atoms with van der Waals surface area (Å²) in [4.78, 5) is 0. The Balaban J connectivity index is 2.46. The van der Waals surface area contributed by atoms with E-state index in [4.69, 9.17) is 0 Å². The Morgan fingerprint density at radius 2 is 2.00 bits per heavy atom. The van der Waals surface area contributed by atoms with Gasteiger partial charge >= 0.3 is 0 Å². The third kappa shape index (κ3) is 5.96. The zero-order valence-electron chi connectivity index (χ0n) is 11.5. The highest BCUT2D eigenvalue weighted by Crippen LogP contribution is 2.19. The summed E-state index contributed by atoms with van der Waals surface area (Å²) in [5.74, 6) is 0.391. The molecule has 2 atom stereocenters. The van der Waals surface area contributed by atoms with Crippen molar-refractivity contribution in [3.05, 3.63) is 34.1 Å². The van der Waals surface area contributed by atoms with E-state index in [1.165, 1.54) is 6.07 Å². The predicted octanol–water partition coefficient (Wildman–Crippen LogP) is 4.55. The van der Waals surface area contributed by atoms with Crippen LogP contribution in [0.15, 0.2) is 22.7 Å². The van der Waals surface area contributed by atoms with Crippen LogP contribution < -0.4 is 5.32 Å². The second kappa shape index (κ2) is 7.90. The Labute approximate surface area is 118 Å². The Hall–Kier alpha value is -0.410. The molecule has 1 N–H and O–H groups in total. The van der Waals surface area contributed by atoms with Crippen molar-refractivity contribution in [3.8, 4) is 0 Å². The molecule has 0 saturated heterocycles. The van der Waals surface area contributed by atoms with Gasteiger partial charge in [0.1, 0.15) is 5.82 Å². The van der Waals surface area contributed by atoms with E-state index in [2.05, 4.69) is 42.0 Å². The lowest BCUT2D eigenvalue weighted by Gasteiger charge is -2.18. The van der Waals surface area contributed by atoms with Crippen LogP contribution in [0.25, 0.3) is 0 Å². The molecule has 1 aromatic rings. The highest BCUT2D eigenvalue weighted by atomic mass is 79.9. The van der Waals surface area contributed by atoms with E-state index in [1.807, 2.05) is 6.07 Å².